The van der Waals surface area contributed by atoms with E-state index in [9.17, 15) is 4.79 Å². The lowest BCUT2D eigenvalue weighted by Gasteiger charge is -2.27. The molecule has 0 bridgehead atoms. The zero-order valence-corrected chi connectivity index (χ0v) is 21.7. The van der Waals surface area contributed by atoms with Crippen molar-refractivity contribution in [1.82, 2.24) is 15.0 Å². The normalized spacial score (nSPS) is 12.5. The molecule has 1 atom stereocenters. The number of hydrogen-bond acceptors (Lipinski definition) is 7. The number of ether oxygens (including phenoxy) is 1. The number of ketones is 1. The first kappa shape index (κ1) is 23.8. The number of nitrogens with one attached hydrogen (secondary N) is 1. The second kappa shape index (κ2) is 10.4. The van der Waals surface area contributed by atoms with Crippen LogP contribution in [-0.2, 0) is 4.45 Å². The summed E-state index contributed by atoms with van der Waals surface area (Å²) in [5.41, 5.74) is 4.02. The molecule has 36 heavy (non-hydrogen) atoms. The van der Waals surface area contributed by atoms with E-state index in [2.05, 4.69) is 31.2 Å². The third-order valence-corrected chi connectivity index (χ3v) is 7.68. The highest BCUT2D eigenvalue weighted by molar-refractivity contribution is 9.10. The molecule has 0 spiro atoms. The maximum absolute atomic E-state index is 13.8. The summed E-state index contributed by atoms with van der Waals surface area (Å²) in [4.78, 5) is 27.9. The van der Waals surface area contributed by atoms with Crippen LogP contribution in [0.25, 0.3) is 21.7 Å². The molecule has 1 N–H and O–H groups in total. The van der Waals surface area contributed by atoms with Crippen molar-refractivity contribution >= 4 is 38.2 Å². The van der Waals surface area contributed by atoms with Crippen molar-refractivity contribution in [1.29, 1.82) is 0 Å². The summed E-state index contributed by atoms with van der Waals surface area (Å²) in [5, 5.41) is 4.00. The Labute approximate surface area is 221 Å². The second-order valence-electron chi connectivity index (χ2n) is 7.88. The third kappa shape index (κ3) is 4.78. The first-order chi connectivity index (χ1) is 17.6. The van der Waals surface area contributed by atoms with Gasteiger partial charge in [-0.1, -0.05) is 41.7 Å². The largest absolute Gasteiger partial charge is 0.497 e. The van der Waals surface area contributed by atoms with E-state index in [-0.39, 0.29) is 5.78 Å². The smallest absolute Gasteiger partial charge is 0.203 e. The highest BCUT2D eigenvalue weighted by atomic mass is 79.9. The van der Waals surface area contributed by atoms with Crippen LogP contribution in [0.3, 0.4) is 0 Å². The number of benzene rings is 2. The molecule has 0 aliphatic heterocycles. The van der Waals surface area contributed by atoms with Crippen molar-refractivity contribution in [3.63, 3.8) is 0 Å². The molecule has 5 aromatic rings. The number of anilines is 1. The Morgan fingerprint density at radius 1 is 0.861 bits per heavy atom. The molecule has 2 aromatic carbocycles. The Morgan fingerprint density at radius 3 is 2.14 bits per heavy atom. The van der Waals surface area contributed by atoms with Crippen molar-refractivity contribution in [3.05, 3.63) is 115 Å². The number of carbonyl (C=O) groups is 1. The van der Waals surface area contributed by atoms with Crippen LogP contribution in [-0.4, -0.2) is 27.8 Å². The number of methoxy groups -OCH3 is 1. The lowest BCUT2D eigenvalue weighted by Crippen LogP contribution is -2.37. The van der Waals surface area contributed by atoms with Gasteiger partial charge >= 0.3 is 0 Å². The minimum Gasteiger partial charge on any atom is -0.497 e. The lowest BCUT2D eigenvalue weighted by molar-refractivity contribution is 0.0957. The molecule has 3 aromatic heterocycles. The first-order valence-electron chi connectivity index (χ1n) is 11.1. The molecule has 6 nitrogen and oxygen atoms in total. The van der Waals surface area contributed by atoms with E-state index in [1.807, 2.05) is 66.7 Å². The minimum absolute atomic E-state index is 0.150. The molecule has 0 saturated heterocycles. The molecular formula is C28H21BrN4O2S. The molecule has 0 amide bonds. The van der Waals surface area contributed by atoms with Crippen LogP contribution in [0, 0.1) is 0 Å². The van der Waals surface area contributed by atoms with E-state index in [4.69, 9.17) is 9.72 Å². The number of pyridine rings is 2. The summed E-state index contributed by atoms with van der Waals surface area (Å²) >= 11 is 5.23. The van der Waals surface area contributed by atoms with Gasteiger partial charge in [-0.05, 0) is 75.6 Å². The molecule has 5 rings (SSSR count). The number of nitrogens with zero attached hydrogens (tertiary/aromatic N) is 3. The van der Waals surface area contributed by atoms with Crippen molar-refractivity contribution in [2.24, 2.45) is 0 Å². The molecule has 178 valence electrons. The van der Waals surface area contributed by atoms with Crippen LogP contribution in [0.2, 0.25) is 0 Å². The van der Waals surface area contributed by atoms with Gasteiger partial charge in [-0.2, -0.15) is 0 Å². The van der Waals surface area contributed by atoms with Crippen molar-refractivity contribution in [2.75, 3.05) is 12.4 Å². The summed E-state index contributed by atoms with van der Waals surface area (Å²) in [6, 6.07) is 24.6. The van der Waals surface area contributed by atoms with Gasteiger partial charge in [0.1, 0.15) is 5.75 Å². The van der Waals surface area contributed by atoms with Gasteiger partial charge in [-0.3, -0.25) is 14.8 Å². The predicted octanol–water partition coefficient (Wildman–Crippen LogP) is 6.82. The Bertz CT molecular complexity index is 1460. The molecule has 0 aliphatic carbocycles. The van der Waals surface area contributed by atoms with Crippen LogP contribution < -0.4 is 10.1 Å². The van der Waals surface area contributed by atoms with Gasteiger partial charge in [0.05, 0.1) is 17.7 Å². The van der Waals surface area contributed by atoms with E-state index >= 15 is 0 Å². The summed E-state index contributed by atoms with van der Waals surface area (Å²) in [7, 11) is 1.64. The van der Waals surface area contributed by atoms with E-state index in [1.165, 1.54) is 11.3 Å². The van der Waals surface area contributed by atoms with Gasteiger partial charge in [0, 0.05) is 35.9 Å². The Hall–Kier alpha value is -3.88. The molecule has 0 radical (unpaired) electrons. The molecule has 1 unspecified atom stereocenters. The Balaban J connectivity index is 1.61. The van der Waals surface area contributed by atoms with Crippen molar-refractivity contribution in [3.8, 4) is 27.4 Å². The minimum atomic E-state index is -1.24. The summed E-state index contributed by atoms with van der Waals surface area (Å²) in [5.74, 6) is 0.618. The van der Waals surface area contributed by atoms with Crippen molar-refractivity contribution < 1.29 is 9.53 Å². The fourth-order valence-corrected chi connectivity index (χ4v) is 5.66. The molecular weight excluding hydrogens is 536 g/mol. The quantitative estimate of drug-likeness (QED) is 0.128. The summed E-state index contributed by atoms with van der Waals surface area (Å²) < 4.78 is 4.09. The van der Waals surface area contributed by atoms with Crippen LogP contribution in [0.5, 0.6) is 5.75 Å². The average molecular weight is 557 g/mol. The number of alkyl halides is 1. The zero-order valence-electron chi connectivity index (χ0n) is 19.3. The second-order valence-corrected chi connectivity index (χ2v) is 10.1. The van der Waals surface area contributed by atoms with Crippen LogP contribution >= 0.6 is 27.3 Å². The number of halogens is 1. The Kier molecular flexibility index (Phi) is 6.88. The number of carbonyl (C=O) groups excluding carboxylic acids is 1. The highest BCUT2D eigenvalue weighted by Gasteiger charge is 2.39. The van der Waals surface area contributed by atoms with Gasteiger partial charge < -0.3 is 10.1 Å². The van der Waals surface area contributed by atoms with Gasteiger partial charge in [0.2, 0.25) is 5.78 Å². The maximum Gasteiger partial charge on any atom is 0.203 e. The standard InChI is InChI=1S/C28H21BrN4O2S/c1-35-23-9-7-19(8-10-23)24-25(20-11-15-30-16-12-20)36-27(32-24)33-28(29,22-5-3-2-4-6-22)26(34)21-13-17-31-18-14-21/h2-18H,1H3,(H,32,33). The zero-order chi connectivity index (χ0) is 25.0. The highest BCUT2D eigenvalue weighted by Crippen LogP contribution is 2.43. The van der Waals surface area contributed by atoms with E-state index in [0.29, 0.717) is 10.7 Å². The monoisotopic (exact) mass is 556 g/mol. The van der Waals surface area contributed by atoms with Gasteiger partial charge in [0.15, 0.2) is 9.58 Å². The Morgan fingerprint density at radius 2 is 1.50 bits per heavy atom. The molecule has 8 heteroatoms. The SMILES string of the molecule is COc1ccc(-c2nc(NC(Br)(C(=O)c3ccncc3)c3ccccc3)sc2-c2ccncc2)cc1. The summed E-state index contributed by atoms with van der Waals surface area (Å²) in [6.45, 7) is 0. The van der Waals surface area contributed by atoms with Gasteiger partial charge in [0.25, 0.3) is 0 Å². The molecule has 0 saturated carbocycles. The van der Waals surface area contributed by atoms with Gasteiger partial charge in [-0.15, -0.1) is 0 Å². The van der Waals surface area contributed by atoms with Crippen LogP contribution in [0.4, 0.5) is 5.13 Å². The van der Waals surface area contributed by atoms with Crippen LogP contribution in [0.1, 0.15) is 15.9 Å². The first-order valence-corrected chi connectivity index (χ1v) is 12.7. The fraction of sp³-hybridized carbons (Fsp3) is 0.0714. The number of aromatic nitrogens is 3. The van der Waals surface area contributed by atoms with Crippen LogP contribution in [0.15, 0.2) is 104 Å². The molecule has 3 heterocycles. The maximum atomic E-state index is 13.8. The van der Waals surface area contributed by atoms with E-state index < -0.39 is 4.45 Å². The number of thiazole rings is 1. The average Bonchev–Trinajstić information content (AvgIpc) is 3.37. The summed E-state index contributed by atoms with van der Waals surface area (Å²) in [6.07, 6.45) is 6.73. The molecule has 0 fully saturated rings. The van der Waals surface area contributed by atoms with Gasteiger partial charge in [-0.25, -0.2) is 4.98 Å². The third-order valence-electron chi connectivity index (χ3n) is 5.64. The number of rotatable bonds is 8. The fourth-order valence-electron chi connectivity index (χ4n) is 3.79. The predicted molar refractivity (Wildman–Crippen MR) is 147 cm³/mol. The topological polar surface area (TPSA) is 77.0 Å². The molecule has 0 aliphatic rings. The number of Topliss-reactive ketones (excluding diaryl/α,β-unsaturated/α-hetero) is 1. The van der Waals surface area contributed by atoms with Crippen molar-refractivity contribution in [2.45, 2.75) is 4.45 Å². The van der Waals surface area contributed by atoms with E-state index in [0.717, 1.165) is 33.0 Å². The lowest BCUT2D eigenvalue weighted by atomic mass is 9.98. The van der Waals surface area contributed by atoms with E-state index in [1.54, 1.807) is 44.0 Å². The number of hydrogen-bond donors (Lipinski definition) is 1.